The van der Waals surface area contributed by atoms with Crippen LogP contribution in [0.1, 0.15) is 18.4 Å². The maximum Gasteiger partial charge on any atom is 0.0211 e. The summed E-state index contributed by atoms with van der Waals surface area (Å²) in [6.07, 6.45) is 2.72. The van der Waals surface area contributed by atoms with Gasteiger partial charge in [-0.2, -0.15) is 0 Å². The molecule has 1 fully saturated rings. The van der Waals surface area contributed by atoms with E-state index in [1.54, 1.807) is 0 Å². The molecular weight excluding hydrogens is 232 g/mol. The number of hydrogen-bond acceptors (Lipinski definition) is 2. The van der Waals surface area contributed by atoms with Gasteiger partial charge in [-0.15, -0.1) is 0 Å². The molecule has 0 saturated heterocycles. The van der Waals surface area contributed by atoms with E-state index >= 15 is 0 Å². The minimum absolute atomic E-state index is 0.527. The molecule has 0 spiro atoms. The molecule has 1 aliphatic carbocycles. The Morgan fingerprint density at radius 3 is 2.58 bits per heavy atom. The van der Waals surface area contributed by atoms with E-state index in [2.05, 4.69) is 53.1 Å². The molecule has 2 N–H and O–H groups in total. The fourth-order valence-electron chi connectivity index (χ4n) is 2.88. The Bertz CT molecular complexity index is 553. The van der Waals surface area contributed by atoms with Crippen molar-refractivity contribution in [2.24, 2.45) is 5.41 Å². The molecule has 0 atom stereocenters. The lowest BCUT2D eigenvalue weighted by Crippen LogP contribution is -2.31. The molecule has 0 aromatic heterocycles. The van der Waals surface area contributed by atoms with Crippen LogP contribution in [-0.2, 0) is 6.54 Å². The Balaban J connectivity index is 1.66. The van der Waals surface area contributed by atoms with Crippen LogP contribution < -0.4 is 10.6 Å². The Morgan fingerprint density at radius 1 is 1.00 bits per heavy atom. The van der Waals surface area contributed by atoms with E-state index in [1.165, 1.54) is 29.2 Å². The SMILES string of the molecule is CNCC1(CNCc2cccc3ccccc23)CC1. The molecule has 0 radical (unpaired) electrons. The van der Waals surface area contributed by atoms with Gasteiger partial charge in [-0.3, -0.25) is 0 Å². The predicted octanol–water partition coefficient (Wildman–Crippen LogP) is 2.93. The Kier molecular flexibility index (Phi) is 3.54. The molecule has 0 bridgehead atoms. The highest BCUT2D eigenvalue weighted by atomic mass is 14.9. The molecule has 100 valence electrons. The normalized spacial score (nSPS) is 16.7. The molecule has 1 aliphatic rings. The van der Waals surface area contributed by atoms with E-state index in [0.29, 0.717) is 5.41 Å². The number of rotatable bonds is 6. The van der Waals surface area contributed by atoms with Crippen molar-refractivity contribution >= 4 is 10.8 Å². The molecule has 1 saturated carbocycles. The molecular formula is C17H22N2. The molecule has 0 unspecified atom stereocenters. The van der Waals surface area contributed by atoms with Crippen molar-refractivity contribution in [3.8, 4) is 0 Å². The van der Waals surface area contributed by atoms with Crippen LogP contribution in [0.15, 0.2) is 42.5 Å². The number of fused-ring (bicyclic) bond motifs is 1. The molecule has 0 aliphatic heterocycles. The molecule has 2 aromatic rings. The first kappa shape index (κ1) is 12.6. The van der Waals surface area contributed by atoms with Gasteiger partial charge in [0.15, 0.2) is 0 Å². The highest BCUT2D eigenvalue weighted by Gasteiger charge is 2.41. The fraction of sp³-hybridized carbons (Fsp3) is 0.412. The summed E-state index contributed by atoms with van der Waals surface area (Å²) in [5.41, 5.74) is 1.93. The van der Waals surface area contributed by atoms with E-state index in [-0.39, 0.29) is 0 Å². The average molecular weight is 254 g/mol. The number of benzene rings is 2. The van der Waals surface area contributed by atoms with E-state index in [9.17, 15) is 0 Å². The highest BCUT2D eigenvalue weighted by Crippen LogP contribution is 2.44. The minimum atomic E-state index is 0.527. The molecule has 2 heteroatoms. The summed E-state index contributed by atoms with van der Waals surface area (Å²) in [6, 6.07) is 15.2. The van der Waals surface area contributed by atoms with Gasteiger partial charge in [0.25, 0.3) is 0 Å². The summed E-state index contributed by atoms with van der Waals surface area (Å²) in [6.45, 7) is 3.22. The molecule has 2 aromatic carbocycles. The molecule has 3 rings (SSSR count). The van der Waals surface area contributed by atoms with Crippen LogP contribution in [0.2, 0.25) is 0 Å². The van der Waals surface area contributed by atoms with Crippen molar-refractivity contribution in [2.45, 2.75) is 19.4 Å². The summed E-state index contributed by atoms with van der Waals surface area (Å²) in [5, 5.41) is 9.65. The Morgan fingerprint density at radius 2 is 1.79 bits per heavy atom. The zero-order chi connectivity index (χ0) is 13.1. The second-order valence-electron chi connectivity index (χ2n) is 5.77. The monoisotopic (exact) mass is 254 g/mol. The second kappa shape index (κ2) is 5.32. The fourth-order valence-corrected chi connectivity index (χ4v) is 2.88. The van der Waals surface area contributed by atoms with Crippen molar-refractivity contribution in [3.63, 3.8) is 0 Å². The lowest BCUT2D eigenvalue weighted by molar-refractivity contribution is 0.439. The van der Waals surface area contributed by atoms with Gasteiger partial charge in [-0.05, 0) is 41.6 Å². The molecule has 0 heterocycles. The summed E-state index contributed by atoms with van der Waals surface area (Å²) in [7, 11) is 2.05. The second-order valence-corrected chi connectivity index (χ2v) is 5.77. The lowest BCUT2D eigenvalue weighted by Gasteiger charge is -2.16. The van der Waals surface area contributed by atoms with Gasteiger partial charge >= 0.3 is 0 Å². The van der Waals surface area contributed by atoms with Gasteiger partial charge < -0.3 is 10.6 Å². The van der Waals surface area contributed by atoms with Crippen molar-refractivity contribution in [2.75, 3.05) is 20.1 Å². The molecule has 19 heavy (non-hydrogen) atoms. The smallest absolute Gasteiger partial charge is 0.0211 e. The summed E-state index contributed by atoms with van der Waals surface area (Å²) in [4.78, 5) is 0. The van der Waals surface area contributed by atoms with Crippen molar-refractivity contribution < 1.29 is 0 Å². The maximum atomic E-state index is 3.64. The first-order valence-corrected chi connectivity index (χ1v) is 7.15. The highest BCUT2D eigenvalue weighted by molar-refractivity contribution is 5.85. The van der Waals surface area contributed by atoms with Gasteiger partial charge in [0.05, 0.1) is 0 Å². The topological polar surface area (TPSA) is 24.1 Å². The van der Waals surface area contributed by atoms with Gasteiger partial charge in [-0.1, -0.05) is 42.5 Å². The van der Waals surface area contributed by atoms with E-state index in [0.717, 1.165) is 19.6 Å². The minimum Gasteiger partial charge on any atom is -0.319 e. The van der Waals surface area contributed by atoms with Crippen LogP contribution in [0.4, 0.5) is 0 Å². The van der Waals surface area contributed by atoms with Crippen LogP contribution >= 0.6 is 0 Å². The van der Waals surface area contributed by atoms with Crippen molar-refractivity contribution in [1.82, 2.24) is 10.6 Å². The van der Waals surface area contributed by atoms with Gasteiger partial charge in [0, 0.05) is 19.6 Å². The van der Waals surface area contributed by atoms with Crippen LogP contribution in [-0.4, -0.2) is 20.1 Å². The third kappa shape index (κ3) is 2.80. The Hall–Kier alpha value is -1.38. The van der Waals surface area contributed by atoms with Crippen LogP contribution in [0.3, 0.4) is 0 Å². The summed E-state index contributed by atoms with van der Waals surface area (Å²) in [5.74, 6) is 0. The lowest BCUT2D eigenvalue weighted by atomic mass is 10.0. The molecule has 2 nitrogen and oxygen atoms in total. The zero-order valence-corrected chi connectivity index (χ0v) is 11.6. The van der Waals surface area contributed by atoms with Gasteiger partial charge in [0.2, 0.25) is 0 Å². The predicted molar refractivity (Wildman–Crippen MR) is 81.2 cm³/mol. The van der Waals surface area contributed by atoms with Gasteiger partial charge in [-0.25, -0.2) is 0 Å². The first-order valence-electron chi connectivity index (χ1n) is 7.15. The largest absolute Gasteiger partial charge is 0.319 e. The van der Waals surface area contributed by atoms with Crippen LogP contribution in [0.5, 0.6) is 0 Å². The molecule has 0 amide bonds. The zero-order valence-electron chi connectivity index (χ0n) is 11.6. The first-order chi connectivity index (χ1) is 9.33. The van der Waals surface area contributed by atoms with E-state index < -0.39 is 0 Å². The average Bonchev–Trinajstić information content (AvgIpc) is 3.19. The number of nitrogens with one attached hydrogen (secondary N) is 2. The summed E-state index contributed by atoms with van der Waals surface area (Å²) >= 11 is 0. The Labute approximate surface area is 115 Å². The summed E-state index contributed by atoms with van der Waals surface area (Å²) < 4.78 is 0. The third-order valence-corrected chi connectivity index (χ3v) is 4.20. The quantitative estimate of drug-likeness (QED) is 0.828. The van der Waals surface area contributed by atoms with Crippen LogP contribution in [0.25, 0.3) is 10.8 Å². The number of hydrogen-bond donors (Lipinski definition) is 2. The third-order valence-electron chi connectivity index (χ3n) is 4.20. The van der Waals surface area contributed by atoms with Crippen molar-refractivity contribution in [3.05, 3.63) is 48.0 Å². The van der Waals surface area contributed by atoms with E-state index in [4.69, 9.17) is 0 Å². The van der Waals surface area contributed by atoms with Crippen molar-refractivity contribution in [1.29, 1.82) is 0 Å². The van der Waals surface area contributed by atoms with Crippen LogP contribution in [0, 0.1) is 5.41 Å². The van der Waals surface area contributed by atoms with Gasteiger partial charge in [0.1, 0.15) is 0 Å². The standard InChI is InChI=1S/C17H22N2/c1-18-12-17(9-10-17)13-19-11-15-7-4-6-14-5-2-3-8-16(14)15/h2-8,18-19H,9-13H2,1H3. The van der Waals surface area contributed by atoms with E-state index in [1.807, 2.05) is 7.05 Å². The maximum absolute atomic E-state index is 3.64.